The topological polar surface area (TPSA) is 96.5 Å². The third kappa shape index (κ3) is 4.26. The number of rotatable bonds is 5. The van der Waals surface area contributed by atoms with E-state index in [-0.39, 0.29) is 49.6 Å². The summed E-state index contributed by atoms with van der Waals surface area (Å²) in [6.07, 6.45) is 2.16. The van der Waals surface area contributed by atoms with Gasteiger partial charge in [0.25, 0.3) is 5.91 Å². The molecule has 1 aromatic carbocycles. The highest BCUT2D eigenvalue weighted by Gasteiger charge is 2.33. The highest BCUT2D eigenvalue weighted by Crippen LogP contribution is 2.36. The van der Waals surface area contributed by atoms with Gasteiger partial charge < -0.3 is 19.3 Å². The second-order valence-corrected chi connectivity index (χ2v) is 7.61. The second-order valence-electron chi connectivity index (χ2n) is 7.61. The third-order valence-electron chi connectivity index (χ3n) is 5.65. The smallest absolute Gasteiger partial charge is 0.253 e. The summed E-state index contributed by atoms with van der Waals surface area (Å²) in [7, 11) is 0. The van der Waals surface area contributed by atoms with Gasteiger partial charge in [-0.15, -0.1) is 0 Å². The Hall–Kier alpha value is -3.36. The van der Waals surface area contributed by atoms with Gasteiger partial charge in [0.15, 0.2) is 11.5 Å². The molecule has 1 aromatic rings. The average Bonchev–Trinajstić information content (AvgIpc) is 3.10. The Labute approximate surface area is 180 Å². The van der Waals surface area contributed by atoms with Gasteiger partial charge in [0.05, 0.1) is 12.2 Å². The summed E-state index contributed by atoms with van der Waals surface area (Å²) in [6, 6.07) is 5.57. The maximum absolute atomic E-state index is 13.0. The molecule has 9 heteroatoms. The zero-order valence-corrected chi connectivity index (χ0v) is 17.5. The number of imide groups is 1. The van der Waals surface area contributed by atoms with Gasteiger partial charge in [-0.05, 0) is 19.1 Å². The van der Waals surface area contributed by atoms with Crippen LogP contribution in [0.25, 0.3) is 6.08 Å². The number of likely N-dealkylation sites (tertiary alicyclic amines) is 1. The highest BCUT2D eigenvalue weighted by atomic mass is 16.5. The van der Waals surface area contributed by atoms with Crippen LogP contribution >= 0.6 is 0 Å². The van der Waals surface area contributed by atoms with E-state index >= 15 is 0 Å². The van der Waals surface area contributed by atoms with Gasteiger partial charge >= 0.3 is 0 Å². The molecule has 164 valence electrons. The number of hydrogen-bond acceptors (Lipinski definition) is 6. The molecule has 3 heterocycles. The first-order valence-corrected chi connectivity index (χ1v) is 10.5. The molecular weight excluding hydrogens is 402 g/mol. The van der Waals surface area contributed by atoms with E-state index in [2.05, 4.69) is 0 Å². The first-order valence-electron chi connectivity index (χ1n) is 10.5. The normalized spacial score (nSPS) is 18.5. The standard InChI is InChI=1S/C22H25N3O6/c1-2-30-17-5-3-4-15-12-16(14-31-21(15)17)22(29)24-10-8-23(9-11-24)20(28)13-25-18(26)6-7-19(25)27/h3-5,12H,2,6-11,13-14H2,1H3. The average molecular weight is 427 g/mol. The molecule has 0 aromatic heterocycles. The first kappa shape index (κ1) is 20.9. The van der Waals surface area contributed by atoms with Crippen molar-refractivity contribution in [3.8, 4) is 11.5 Å². The molecule has 4 amide bonds. The number of nitrogens with zero attached hydrogens (tertiary/aromatic N) is 3. The van der Waals surface area contributed by atoms with E-state index in [1.54, 1.807) is 9.80 Å². The minimum Gasteiger partial charge on any atom is -0.490 e. The molecule has 2 saturated heterocycles. The number of amides is 4. The lowest BCUT2D eigenvalue weighted by atomic mass is 10.1. The molecule has 0 bridgehead atoms. The molecule has 0 aliphatic carbocycles. The van der Waals surface area contributed by atoms with Crippen LogP contribution in [-0.2, 0) is 19.2 Å². The maximum atomic E-state index is 13.0. The quantitative estimate of drug-likeness (QED) is 0.642. The van der Waals surface area contributed by atoms with Gasteiger partial charge in [-0.1, -0.05) is 12.1 Å². The fraction of sp³-hybridized carbons (Fsp3) is 0.455. The van der Waals surface area contributed by atoms with Crippen molar-refractivity contribution in [2.45, 2.75) is 19.8 Å². The fourth-order valence-electron chi connectivity index (χ4n) is 3.97. The van der Waals surface area contributed by atoms with Crippen molar-refractivity contribution in [2.24, 2.45) is 0 Å². The summed E-state index contributed by atoms with van der Waals surface area (Å²) in [5.74, 6) is 0.304. The Morgan fingerprint density at radius 2 is 1.71 bits per heavy atom. The van der Waals surface area contributed by atoms with Crippen molar-refractivity contribution < 1.29 is 28.7 Å². The number of para-hydroxylation sites is 1. The van der Waals surface area contributed by atoms with Crippen LogP contribution in [0.15, 0.2) is 23.8 Å². The van der Waals surface area contributed by atoms with Crippen LogP contribution in [0.2, 0.25) is 0 Å². The lowest BCUT2D eigenvalue weighted by Gasteiger charge is -2.36. The number of ether oxygens (including phenoxy) is 2. The predicted molar refractivity (Wildman–Crippen MR) is 110 cm³/mol. The Morgan fingerprint density at radius 1 is 1.03 bits per heavy atom. The van der Waals surface area contributed by atoms with E-state index in [0.717, 1.165) is 10.5 Å². The van der Waals surface area contributed by atoms with Crippen molar-refractivity contribution in [1.82, 2.24) is 14.7 Å². The van der Waals surface area contributed by atoms with Gasteiger partial charge in [0.2, 0.25) is 17.7 Å². The number of piperazine rings is 1. The molecule has 31 heavy (non-hydrogen) atoms. The molecule has 0 spiro atoms. The van der Waals surface area contributed by atoms with E-state index in [9.17, 15) is 19.2 Å². The molecule has 3 aliphatic rings. The lowest BCUT2D eigenvalue weighted by Crippen LogP contribution is -2.53. The Kier molecular flexibility index (Phi) is 5.92. The molecule has 0 atom stereocenters. The molecule has 4 rings (SSSR count). The molecule has 3 aliphatic heterocycles. The fourth-order valence-corrected chi connectivity index (χ4v) is 3.97. The van der Waals surface area contributed by atoms with Gasteiger partial charge in [-0.2, -0.15) is 0 Å². The zero-order chi connectivity index (χ0) is 22.0. The second kappa shape index (κ2) is 8.79. The van der Waals surface area contributed by atoms with Crippen molar-refractivity contribution in [3.63, 3.8) is 0 Å². The van der Waals surface area contributed by atoms with Crippen molar-refractivity contribution in [2.75, 3.05) is 45.9 Å². The minimum absolute atomic E-state index is 0.121. The summed E-state index contributed by atoms with van der Waals surface area (Å²) in [5.41, 5.74) is 1.35. The summed E-state index contributed by atoms with van der Waals surface area (Å²) >= 11 is 0. The SMILES string of the molecule is CCOc1cccc2c1OCC(C(=O)N1CCN(C(=O)CN3C(=O)CCC3=O)CC1)=C2. The van der Waals surface area contributed by atoms with Crippen LogP contribution in [-0.4, -0.2) is 84.3 Å². The van der Waals surface area contributed by atoms with Crippen molar-refractivity contribution in [1.29, 1.82) is 0 Å². The number of benzene rings is 1. The number of carbonyl (C=O) groups is 4. The summed E-state index contributed by atoms with van der Waals surface area (Å²) in [6.45, 7) is 3.86. The van der Waals surface area contributed by atoms with Crippen molar-refractivity contribution in [3.05, 3.63) is 29.3 Å². The molecule has 2 fully saturated rings. The van der Waals surface area contributed by atoms with Crippen molar-refractivity contribution >= 4 is 29.7 Å². The van der Waals surface area contributed by atoms with Crippen LogP contribution in [0.5, 0.6) is 11.5 Å². The lowest BCUT2D eigenvalue weighted by molar-refractivity contribution is -0.146. The van der Waals surface area contributed by atoms with Crippen LogP contribution in [0, 0.1) is 0 Å². The third-order valence-corrected chi connectivity index (χ3v) is 5.65. The summed E-state index contributed by atoms with van der Waals surface area (Å²) < 4.78 is 11.4. The van der Waals surface area contributed by atoms with Gasteiger partial charge in [0.1, 0.15) is 13.2 Å². The van der Waals surface area contributed by atoms with E-state index in [4.69, 9.17) is 9.47 Å². The Bertz CT molecular complexity index is 933. The van der Waals surface area contributed by atoms with E-state index < -0.39 is 0 Å². The number of hydrogen-bond donors (Lipinski definition) is 0. The number of fused-ring (bicyclic) bond motifs is 1. The molecular formula is C22H25N3O6. The zero-order valence-electron chi connectivity index (χ0n) is 17.5. The van der Waals surface area contributed by atoms with Crippen LogP contribution in [0.3, 0.4) is 0 Å². The van der Waals surface area contributed by atoms with E-state index in [1.807, 2.05) is 31.2 Å². The van der Waals surface area contributed by atoms with Crippen LogP contribution in [0.1, 0.15) is 25.3 Å². The minimum atomic E-state index is -0.302. The monoisotopic (exact) mass is 427 g/mol. The predicted octanol–water partition coefficient (Wildman–Crippen LogP) is 0.681. The molecule has 9 nitrogen and oxygen atoms in total. The van der Waals surface area contributed by atoms with E-state index in [0.29, 0.717) is 49.9 Å². The van der Waals surface area contributed by atoms with Gasteiger partial charge in [0, 0.05) is 44.6 Å². The van der Waals surface area contributed by atoms with Crippen LogP contribution < -0.4 is 9.47 Å². The molecule has 0 unspecified atom stereocenters. The molecule has 0 N–H and O–H groups in total. The largest absolute Gasteiger partial charge is 0.490 e. The highest BCUT2D eigenvalue weighted by molar-refractivity contribution is 6.04. The Balaban J connectivity index is 1.35. The summed E-state index contributed by atoms with van der Waals surface area (Å²) in [4.78, 5) is 53.2. The van der Waals surface area contributed by atoms with Gasteiger partial charge in [-0.25, -0.2) is 0 Å². The van der Waals surface area contributed by atoms with Gasteiger partial charge in [-0.3, -0.25) is 24.1 Å². The first-order chi connectivity index (χ1) is 15.0. The Morgan fingerprint density at radius 3 is 2.39 bits per heavy atom. The maximum Gasteiger partial charge on any atom is 0.253 e. The molecule has 0 saturated carbocycles. The number of carbonyl (C=O) groups excluding carboxylic acids is 4. The molecule has 0 radical (unpaired) electrons. The van der Waals surface area contributed by atoms with E-state index in [1.165, 1.54) is 0 Å². The van der Waals surface area contributed by atoms with Crippen LogP contribution in [0.4, 0.5) is 0 Å². The summed E-state index contributed by atoms with van der Waals surface area (Å²) in [5, 5.41) is 0.